The van der Waals surface area contributed by atoms with Crippen LogP contribution in [0.25, 0.3) is 5.57 Å². The van der Waals surface area contributed by atoms with Crippen LogP contribution in [0.1, 0.15) is 11.1 Å². The van der Waals surface area contributed by atoms with Crippen LogP contribution in [0.4, 0.5) is 34.1 Å². The van der Waals surface area contributed by atoms with Gasteiger partial charge in [0.05, 0.1) is 37.7 Å². The number of carbonyl (C=O) groups is 4. The van der Waals surface area contributed by atoms with Gasteiger partial charge in [-0.25, -0.2) is 17.6 Å². The fourth-order valence-electron chi connectivity index (χ4n) is 3.89. The molecule has 1 fully saturated rings. The molecule has 3 amide bonds. The molecule has 0 atom stereocenters. The second-order valence-corrected chi connectivity index (χ2v) is 11.7. The highest BCUT2D eigenvalue weighted by Crippen LogP contribution is 2.44. The topological polar surface area (TPSA) is 130 Å². The van der Waals surface area contributed by atoms with Crippen LogP contribution in [0.15, 0.2) is 70.5 Å². The Morgan fingerprint density at radius 3 is 2.20 bits per heavy atom. The van der Waals surface area contributed by atoms with E-state index >= 15 is 0 Å². The number of thioether (sulfide) groups is 1. The summed E-state index contributed by atoms with van der Waals surface area (Å²) in [4.78, 5) is 47.0. The summed E-state index contributed by atoms with van der Waals surface area (Å²) in [5, 5.41) is 2.09. The Hall–Kier alpha value is -3.85. The minimum absolute atomic E-state index is 0.0413. The summed E-state index contributed by atoms with van der Waals surface area (Å²) in [6, 6.07) is 13.6. The fraction of sp³-hybridized carbons (Fsp3) is 0.0400. The highest BCUT2D eigenvalue weighted by atomic mass is 35.5. The van der Waals surface area contributed by atoms with Crippen LogP contribution in [0.2, 0.25) is 10.0 Å². The Bertz CT molecular complexity index is 1750. The first-order valence-electron chi connectivity index (χ1n) is 11.1. The van der Waals surface area contributed by atoms with E-state index in [1.807, 2.05) is 0 Å². The largest absolute Gasteiger partial charge is 0.483 e. The lowest BCUT2D eigenvalue weighted by molar-refractivity contribution is -0.116. The SMILES string of the molecule is O=C(F)F.O=C1NC(=O)/C(=C2/C(=O)N(Cc3ccc(Cl)c(Cl)c3)c3ccc(S(=O)(=O)Nc4ccc(F)cc4)cc32)S1. The number of rotatable bonds is 5. The van der Waals surface area contributed by atoms with Gasteiger partial charge in [0.15, 0.2) is 0 Å². The maximum Gasteiger partial charge on any atom is 0.483 e. The van der Waals surface area contributed by atoms with Gasteiger partial charge in [0, 0.05) is 11.3 Å². The predicted octanol–water partition coefficient (Wildman–Crippen LogP) is 6.22. The van der Waals surface area contributed by atoms with E-state index in [1.54, 1.807) is 18.2 Å². The number of halogens is 5. The van der Waals surface area contributed by atoms with Crippen LogP contribution in [0, 0.1) is 5.82 Å². The molecule has 5 rings (SSSR count). The van der Waals surface area contributed by atoms with Crippen molar-refractivity contribution < 1.29 is 40.8 Å². The average molecular weight is 644 g/mol. The molecule has 0 spiro atoms. The third kappa shape index (κ3) is 6.73. The van der Waals surface area contributed by atoms with Gasteiger partial charge >= 0.3 is 6.29 Å². The molecule has 1 saturated heterocycles. The molecule has 0 unspecified atom stereocenters. The molecule has 0 bridgehead atoms. The van der Waals surface area contributed by atoms with E-state index < -0.39 is 39.2 Å². The summed E-state index contributed by atoms with van der Waals surface area (Å²) in [6.07, 6.45) is -2.83. The number of imide groups is 1. The molecule has 3 aromatic carbocycles. The number of sulfonamides is 1. The fourth-order valence-corrected chi connectivity index (χ4v) is 6.06. The van der Waals surface area contributed by atoms with Crippen LogP contribution in [-0.2, 0) is 26.2 Å². The zero-order valence-electron chi connectivity index (χ0n) is 20.1. The standard InChI is InChI=1S/C24H14Cl2FN3O5S2.CF2O/c25-17-7-1-12(9-18(17)26)11-30-19-8-6-15(37(34,35)29-14-4-2-13(27)3-5-14)10-16(19)20(23(30)32)21-22(31)28-24(33)36-21;2-1(3)4/h1-10,29H,11H2,(H,28,31,33);/b21-20-;. The van der Waals surface area contributed by atoms with Crippen LogP contribution in [-0.4, -0.2) is 31.8 Å². The van der Waals surface area contributed by atoms with Crippen molar-refractivity contribution in [2.24, 2.45) is 0 Å². The molecule has 2 N–H and O–H groups in total. The first kappa shape index (κ1) is 30.1. The predicted molar refractivity (Wildman–Crippen MR) is 147 cm³/mol. The molecule has 212 valence electrons. The van der Waals surface area contributed by atoms with Gasteiger partial charge < -0.3 is 4.90 Å². The molecule has 0 radical (unpaired) electrons. The van der Waals surface area contributed by atoms with Gasteiger partial charge in [-0.05, 0) is 71.9 Å². The maximum absolute atomic E-state index is 13.5. The quantitative estimate of drug-likeness (QED) is 0.249. The van der Waals surface area contributed by atoms with Gasteiger partial charge in [0.2, 0.25) is 0 Å². The van der Waals surface area contributed by atoms with Gasteiger partial charge in [-0.2, -0.15) is 0 Å². The Kier molecular flexibility index (Phi) is 8.77. The lowest BCUT2D eigenvalue weighted by atomic mass is 10.1. The summed E-state index contributed by atoms with van der Waals surface area (Å²) in [5.41, 5.74) is 1.18. The molecule has 2 aliphatic heterocycles. The molecule has 0 aromatic heterocycles. The normalized spacial score (nSPS) is 16.2. The molecular weight excluding hydrogens is 630 g/mol. The van der Waals surface area contributed by atoms with Gasteiger partial charge in [-0.1, -0.05) is 29.3 Å². The molecule has 41 heavy (non-hydrogen) atoms. The molecule has 9 nitrogen and oxygen atoms in total. The summed E-state index contributed by atoms with van der Waals surface area (Å²) in [7, 11) is -4.15. The van der Waals surface area contributed by atoms with Crippen molar-refractivity contribution in [2.75, 3.05) is 9.62 Å². The highest BCUT2D eigenvalue weighted by molar-refractivity contribution is 8.18. The number of hydrogen-bond donors (Lipinski definition) is 2. The number of nitrogens with zero attached hydrogens (tertiary/aromatic N) is 1. The van der Waals surface area contributed by atoms with Crippen molar-refractivity contribution in [1.82, 2.24) is 5.32 Å². The summed E-state index contributed by atoms with van der Waals surface area (Å²) in [6.45, 7) is 0.0413. The van der Waals surface area contributed by atoms with Gasteiger partial charge in [-0.3, -0.25) is 24.4 Å². The monoisotopic (exact) mass is 643 g/mol. The Morgan fingerprint density at radius 2 is 1.61 bits per heavy atom. The summed E-state index contributed by atoms with van der Waals surface area (Å²) >= 11 is 12.7. The minimum Gasteiger partial charge on any atom is -0.303 e. The molecule has 2 heterocycles. The van der Waals surface area contributed by atoms with Crippen molar-refractivity contribution in [3.8, 4) is 0 Å². The Labute approximate surface area is 244 Å². The Balaban J connectivity index is 0.000000909. The molecule has 0 saturated carbocycles. The molecular formula is C25H14Cl2F3N3O6S2. The first-order valence-corrected chi connectivity index (χ1v) is 14.1. The third-order valence-electron chi connectivity index (χ3n) is 5.56. The van der Waals surface area contributed by atoms with E-state index in [4.69, 9.17) is 28.0 Å². The van der Waals surface area contributed by atoms with Gasteiger partial charge in [0.1, 0.15) is 5.82 Å². The summed E-state index contributed by atoms with van der Waals surface area (Å²) < 4.78 is 61.1. The van der Waals surface area contributed by atoms with E-state index in [0.717, 1.165) is 12.1 Å². The average Bonchev–Trinajstić information content (AvgIpc) is 3.36. The van der Waals surface area contributed by atoms with Crippen molar-refractivity contribution in [3.63, 3.8) is 0 Å². The van der Waals surface area contributed by atoms with E-state index in [2.05, 4.69) is 10.0 Å². The van der Waals surface area contributed by atoms with E-state index in [9.17, 15) is 36.0 Å². The second-order valence-electron chi connectivity index (χ2n) is 8.20. The van der Waals surface area contributed by atoms with Gasteiger partial charge in [-0.15, -0.1) is 8.78 Å². The highest BCUT2D eigenvalue weighted by Gasteiger charge is 2.40. The number of benzene rings is 3. The van der Waals surface area contributed by atoms with Crippen LogP contribution in [0.3, 0.4) is 0 Å². The molecule has 0 aliphatic carbocycles. The number of carbonyl (C=O) groups excluding carboxylic acids is 4. The number of fused-ring (bicyclic) bond motifs is 1. The molecule has 16 heteroatoms. The van der Waals surface area contributed by atoms with Gasteiger partial charge in [0.25, 0.3) is 27.1 Å². The zero-order chi connectivity index (χ0) is 30.1. The number of nitrogens with one attached hydrogen (secondary N) is 2. The summed E-state index contributed by atoms with van der Waals surface area (Å²) in [5.74, 6) is -1.87. The molecule has 3 aromatic rings. The van der Waals surface area contributed by atoms with E-state index in [-0.39, 0.29) is 38.2 Å². The molecule has 2 aliphatic rings. The van der Waals surface area contributed by atoms with Crippen LogP contribution < -0.4 is 14.9 Å². The van der Waals surface area contributed by atoms with Crippen LogP contribution >= 0.6 is 35.0 Å². The minimum atomic E-state index is -4.15. The van der Waals surface area contributed by atoms with Crippen molar-refractivity contribution in [3.05, 3.63) is 92.6 Å². The lowest BCUT2D eigenvalue weighted by Gasteiger charge is -2.18. The van der Waals surface area contributed by atoms with Crippen molar-refractivity contribution in [1.29, 1.82) is 0 Å². The number of anilines is 2. The second kappa shape index (κ2) is 11.9. The van der Waals surface area contributed by atoms with Crippen LogP contribution in [0.5, 0.6) is 0 Å². The van der Waals surface area contributed by atoms with Crippen molar-refractivity contribution in [2.45, 2.75) is 11.4 Å². The number of amides is 3. The zero-order valence-corrected chi connectivity index (χ0v) is 23.2. The third-order valence-corrected chi connectivity index (χ3v) is 8.56. The van der Waals surface area contributed by atoms with Crippen molar-refractivity contribution >= 4 is 85.3 Å². The van der Waals surface area contributed by atoms with E-state index in [1.165, 1.54) is 35.2 Å². The van der Waals surface area contributed by atoms with E-state index in [0.29, 0.717) is 28.0 Å². The maximum atomic E-state index is 13.5. The smallest absolute Gasteiger partial charge is 0.303 e. The first-order chi connectivity index (χ1) is 19.3. The number of hydrogen-bond acceptors (Lipinski definition) is 7. The lowest BCUT2D eigenvalue weighted by Crippen LogP contribution is -2.26. The Morgan fingerprint density at radius 1 is 0.951 bits per heavy atom.